The van der Waals surface area contributed by atoms with E-state index in [2.05, 4.69) is 29.2 Å². The third kappa shape index (κ3) is 2.45. The Balaban J connectivity index is 1.66. The van der Waals surface area contributed by atoms with E-state index < -0.39 is 0 Å². The fraction of sp³-hybridized carbons (Fsp3) is 0.333. The third-order valence-corrected chi connectivity index (χ3v) is 3.83. The summed E-state index contributed by atoms with van der Waals surface area (Å²) < 4.78 is 5.35. The smallest absolute Gasteiger partial charge is 0.122 e. The van der Waals surface area contributed by atoms with Crippen LogP contribution in [0, 0.1) is 0 Å². The van der Waals surface area contributed by atoms with Crippen molar-refractivity contribution in [1.29, 1.82) is 0 Å². The molecule has 2 aromatic rings. The molecule has 3 rings (SSSR count). The van der Waals surface area contributed by atoms with E-state index in [1.165, 1.54) is 11.1 Å². The summed E-state index contributed by atoms with van der Waals surface area (Å²) in [7, 11) is 0. The summed E-state index contributed by atoms with van der Waals surface area (Å²) in [5.41, 5.74) is 2.89. The van der Waals surface area contributed by atoms with E-state index in [4.69, 9.17) is 16.0 Å². The van der Waals surface area contributed by atoms with Crippen LogP contribution < -0.4 is 0 Å². The highest BCUT2D eigenvalue weighted by Gasteiger charge is 2.20. The summed E-state index contributed by atoms with van der Waals surface area (Å²) in [6, 6.07) is 12.5. The van der Waals surface area contributed by atoms with Crippen LogP contribution in [0.2, 0.25) is 0 Å². The molecule has 94 valence electrons. The van der Waals surface area contributed by atoms with Crippen molar-refractivity contribution in [2.24, 2.45) is 0 Å². The van der Waals surface area contributed by atoms with E-state index in [1.54, 1.807) is 6.26 Å². The molecule has 0 aliphatic carbocycles. The highest BCUT2D eigenvalue weighted by Crippen LogP contribution is 2.25. The highest BCUT2D eigenvalue weighted by molar-refractivity contribution is 6.20. The Hall–Kier alpha value is -1.25. The molecule has 1 aromatic heterocycles. The molecular formula is C15H16ClNO. The van der Waals surface area contributed by atoms with E-state index in [-0.39, 0.29) is 5.38 Å². The average molecular weight is 262 g/mol. The summed E-state index contributed by atoms with van der Waals surface area (Å²) in [4.78, 5) is 2.39. The quantitative estimate of drug-likeness (QED) is 0.785. The molecule has 1 atom stereocenters. The van der Waals surface area contributed by atoms with E-state index >= 15 is 0 Å². The zero-order valence-corrected chi connectivity index (χ0v) is 10.9. The van der Waals surface area contributed by atoms with Crippen molar-refractivity contribution < 1.29 is 4.42 Å². The maximum atomic E-state index is 6.37. The van der Waals surface area contributed by atoms with Crippen LogP contribution in [0.3, 0.4) is 0 Å². The molecule has 1 aliphatic heterocycles. The minimum atomic E-state index is -0.0646. The second kappa shape index (κ2) is 5.17. The van der Waals surface area contributed by atoms with Crippen molar-refractivity contribution in [1.82, 2.24) is 4.90 Å². The van der Waals surface area contributed by atoms with Crippen LogP contribution in [0.4, 0.5) is 0 Å². The lowest BCUT2D eigenvalue weighted by Crippen LogP contribution is -2.32. The number of hydrogen-bond donors (Lipinski definition) is 0. The second-order valence-corrected chi connectivity index (χ2v) is 5.26. The predicted molar refractivity (Wildman–Crippen MR) is 72.7 cm³/mol. The molecule has 1 unspecified atom stereocenters. The fourth-order valence-corrected chi connectivity index (χ4v) is 2.82. The molecule has 0 bridgehead atoms. The van der Waals surface area contributed by atoms with Gasteiger partial charge in [-0.3, -0.25) is 4.90 Å². The first-order chi connectivity index (χ1) is 8.83. The highest BCUT2D eigenvalue weighted by atomic mass is 35.5. The Morgan fingerprint density at radius 3 is 2.78 bits per heavy atom. The topological polar surface area (TPSA) is 16.4 Å². The van der Waals surface area contributed by atoms with Crippen molar-refractivity contribution in [3.63, 3.8) is 0 Å². The molecule has 0 amide bonds. The summed E-state index contributed by atoms with van der Waals surface area (Å²) in [5.74, 6) is 0.857. The number of rotatable bonds is 3. The van der Waals surface area contributed by atoms with Crippen molar-refractivity contribution in [3.05, 3.63) is 59.5 Å². The van der Waals surface area contributed by atoms with Gasteiger partial charge in [0.05, 0.1) is 6.26 Å². The van der Waals surface area contributed by atoms with Gasteiger partial charge in [-0.15, -0.1) is 11.6 Å². The fourth-order valence-electron chi connectivity index (χ4n) is 2.50. The second-order valence-electron chi connectivity index (χ2n) is 4.74. The minimum absolute atomic E-state index is 0.0646. The van der Waals surface area contributed by atoms with Gasteiger partial charge in [0, 0.05) is 19.6 Å². The normalized spacial score (nSPS) is 17.4. The van der Waals surface area contributed by atoms with Crippen molar-refractivity contribution in [2.45, 2.75) is 18.3 Å². The Labute approximate surface area is 112 Å². The summed E-state index contributed by atoms with van der Waals surface area (Å²) in [6.07, 6.45) is 2.79. The maximum absolute atomic E-state index is 6.37. The number of nitrogens with zero attached hydrogens (tertiary/aromatic N) is 1. The molecular weight excluding hydrogens is 246 g/mol. The van der Waals surface area contributed by atoms with Gasteiger partial charge in [0.25, 0.3) is 0 Å². The van der Waals surface area contributed by atoms with Crippen molar-refractivity contribution in [3.8, 4) is 0 Å². The van der Waals surface area contributed by atoms with Crippen LogP contribution in [-0.4, -0.2) is 18.0 Å². The van der Waals surface area contributed by atoms with Gasteiger partial charge in [-0.25, -0.2) is 0 Å². The van der Waals surface area contributed by atoms with Gasteiger partial charge in [0.1, 0.15) is 11.1 Å². The Kier molecular flexibility index (Phi) is 3.39. The van der Waals surface area contributed by atoms with Gasteiger partial charge in [-0.2, -0.15) is 0 Å². The van der Waals surface area contributed by atoms with Crippen molar-refractivity contribution in [2.75, 3.05) is 13.1 Å². The first kappa shape index (κ1) is 11.8. The van der Waals surface area contributed by atoms with E-state index in [0.717, 1.165) is 31.8 Å². The van der Waals surface area contributed by atoms with E-state index in [0.29, 0.717) is 0 Å². The molecule has 0 spiro atoms. The number of halogens is 1. The molecule has 1 aliphatic rings. The molecule has 0 fully saturated rings. The third-order valence-electron chi connectivity index (χ3n) is 3.48. The van der Waals surface area contributed by atoms with Gasteiger partial charge in [0.2, 0.25) is 0 Å². The lowest BCUT2D eigenvalue weighted by atomic mass is 10.00. The molecule has 0 radical (unpaired) electrons. The number of benzene rings is 1. The summed E-state index contributed by atoms with van der Waals surface area (Å²) in [6.45, 7) is 2.89. The van der Waals surface area contributed by atoms with Crippen LogP contribution in [-0.2, 0) is 13.0 Å². The SMILES string of the molecule is ClC(CN1CCc2ccccc2C1)c1ccco1. The number of hydrogen-bond acceptors (Lipinski definition) is 2. The van der Waals surface area contributed by atoms with E-state index in [1.807, 2.05) is 12.1 Å². The number of furan rings is 1. The average Bonchev–Trinajstić information content (AvgIpc) is 2.92. The molecule has 2 heterocycles. The first-order valence-corrected chi connectivity index (χ1v) is 6.73. The van der Waals surface area contributed by atoms with Crippen LogP contribution >= 0.6 is 11.6 Å². The molecule has 3 heteroatoms. The molecule has 2 nitrogen and oxygen atoms in total. The summed E-state index contributed by atoms with van der Waals surface area (Å²) in [5, 5.41) is -0.0646. The van der Waals surface area contributed by atoms with E-state index in [9.17, 15) is 0 Å². The van der Waals surface area contributed by atoms with Gasteiger partial charge in [-0.05, 0) is 29.7 Å². The van der Waals surface area contributed by atoms with Crippen LogP contribution in [0.5, 0.6) is 0 Å². The van der Waals surface area contributed by atoms with Gasteiger partial charge < -0.3 is 4.42 Å². The van der Waals surface area contributed by atoms with Crippen molar-refractivity contribution >= 4 is 11.6 Å². The number of fused-ring (bicyclic) bond motifs is 1. The maximum Gasteiger partial charge on any atom is 0.122 e. The van der Waals surface area contributed by atoms with Crippen LogP contribution in [0.15, 0.2) is 47.1 Å². The zero-order valence-electron chi connectivity index (χ0n) is 10.2. The van der Waals surface area contributed by atoms with Crippen LogP contribution in [0.25, 0.3) is 0 Å². The molecule has 0 N–H and O–H groups in total. The standard InChI is InChI=1S/C15H16ClNO/c16-14(15-6-3-9-18-15)11-17-8-7-12-4-1-2-5-13(12)10-17/h1-6,9,14H,7-8,10-11H2. The monoisotopic (exact) mass is 261 g/mol. The summed E-state index contributed by atoms with van der Waals surface area (Å²) >= 11 is 6.37. The molecule has 0 saturated heterocycles. The lowest BCUT2D eigenvalue weighted by molar-refractivity contribution is 0.248. The molecule has 1 aromatic carbocycles. The molecule has 18 heavy (non-hydrogen) atoms. The van der Waals surface area contributed by atoms with Gasteiger partial charge >= 0.3 is 0 Å². The zero-order chi connectivity index (χ0) is 12.4. The number of alkyl halides is 1. The Morgan fingerprint density at radius 1 is 1.17 bits per heavy atom. The van der Waals surface area contributed by atoms with Gasteiger partial charge in [-0.1, -0.05) is 24.3 Å². The predicted octanol–water partition coefficient (Wildman–Crippen LogP) is 3.62. The Bertz CT molecular complexity index is 509. The first-order valence-electron chi connectivity index (χ1n) is 6.29. The molecule has 0 saturated carbocycles. The largest absolute Gasteiger partial charge is 0.468 e. The Morgan fingerprint density at radius 2 is 2.00 bits per heavy atom. The van der Waals surface area contributed by atoms with Gasteiger partial charge in [0.15, 0.2) is 0 Å². The van der Waals surface area contributed by atoms with Crippen LogP contribution in [0.1, 0.15) is 22.3 Å². The lowest BCUT2D eigenvalue weighted by Gasteiger charge is -2.29. The minimum Gasteiger partial charge on any atom is -0.468 e.